The minimum atomic E-state index is -0.0962. The van der Waals surface area contributed by atoms with E-state index in [1.807, 2.05) is 18.2 Å². The molecule has 3 rings (SSSR count). The Balaban J connectivity index is 1.40. The maximum Gasteiger partial charge on any atom is 0.220 e. The van der Waals surface area contributed by atoms with E-state index in [1.54, 1.807) is 18.2 Å². The Hall–Kier alpha value is -2.82. The summed E-state index contributed by atoms with van der Waals surface area (Å²) in [5, 5.41) is 2.90. The Morgan fingerprint density at radius 2 is 1.74 bits per heavy atom. The Labute approximate surface area is 159 Å². The molecule has 0 saturated carbocycles. The summed E-state index contributed by atoms with van der Waals surface area (Å²) in [4.78, 5) is 24.3. The van der Waals surface area contributed by atoms with Crippen LogP contribution in [0.3, 0.4) is 0 Å². The van der Waals surface area contributed by atoms with Crippen LogP contribution in [0.5, 0.6) is 11.5 Å². The van der Waals surface area contributed by atoms with Gasteiger partial charge in [-0.1, -0.05) is 37.3 Å². The van der Waals surface area contributed by atoms with Crippen molar-refractivity contribution in [1.82, 2.24) is 5.32 Å². The predicted molar refractivity (Wildman–Crippen MR) is 103 cm³/mol. The van der Waals surface area contributed by atoms with E-state index in [0.717, 1.165) is 6.42 Å². The molecule has 1 heterocycles. The van der Waals surface area contributed by atoms with Crippen LogP contribution in [0.2, 0.25) is 0 Å². The first-order valence-corrected chi connectivity index (χ1v) is 9.38. The number of ether oxygens (including phenoxy) is 2. The second kappa shape index (κ2) is 9.21. The van der Waals surface area contributed by atoms with E-state index < -0.39 is 0 Å². The molecule has 2 aromatic carbocycles. The van der Waals surface area contributed by atoms with Gasteiger partial charge in [-0.05, 0) is 36.1 Å². The van der Waals surface area contributed by atoms with Gasteiger partial charge in [0.2, 0.25) is 5.91 Å². The molecule has 1 amide bonds. The molecule has 0 aliphatic carbocycles. The third-order valence-electron chi connectivity index (χ3n) is 4.71. The third kappa shape index (κ3) is 5.33. The molecule has 5 heteroatoms. The molecule has 0 spiro atoms. The highest BCUT2D eigenvalue weighted by Gasteiger charge is 2.16. The van der Waals surface area contributed by atoms with Gasteiger partial charge < -0.3 is 14.8 Å². The van der Waals surface area contributed by atoms with Gasteiger partial charge in [0.15, 0.2) is 17.3 Å². The maximum absolute atomic E-state index is 12.3. The fourth-order valence-electron chi connectivity index (χ4n) is 3.05. The molecule has 0 saturated heterocycles. The number of carbonyl (C=O) groups excluding carboxylic acids is 2. The van der Waals surface area contributed by atoms with E-state index in [2.05, 4.69) is 24.4 Å². The van der Waals surface area contributed by atoms with Gasteiger partial charge in [0.1, 0.15) is 13.2 Å². The number of fused-ring (bicyclic) bond motifs is 1. The molecule has 0 fully saturated rings. The Morgan fingerprint density at radius 1 is 1.00 bits per heavy atom. The van der Waals surface area contributed by atoms with Crippen molar-refractivity contribution >= 4 is 11.7 Å². The summed E-state index contributed by atoms with van der Waals surface area (Å²) in [6.07, 6.45) is 1.23. The number of nitrogens with one attached hydrogen (secondary N) is 1. The monoisotopic (exact) mass is 367 g/mol. The molecule has 2 aromatic rings. The van der Waals surface area contributed by atoms with Crippen molar-refractivity contribution in [3.05, 3.63) is 59.7 Å². The molecule has 1 aliphatic heterocycles. The molecular weight excluding hydrogens is 342 g/mol. The van der Waals surface area contributed by atoms with E-state index in [0.29, 0.717) is 42.7 Å². The zero-order chi connectivity index (χ0) is 19.1. The largest absolute Gasteiger partial charge is 0.486 e. The average Bonchev–Trinajstić information content (AvgIpc) is 2.72. The van der Waals surface area contributed by atoms with Gasteiger partial charge in [0.05, 0.1) is 0 Å². The molecule has 27 heavy (non-hydrogen) atoms. The molecule has 1 atom stereocenters. The van der Waals surface area contributed by atoms with Gasteiger partial charge in [-0.2, -0.15) is 0 Å². The second-order valence-electron chi connectivity index (χ2n) is 6.73. The highest BCUT2D eigenvalue weighted by molar-refractivity contribution is 5.98. The number of ketones is 1. The molecule has 0 radical (unpaired) electrons. The topological polar surface area (TPSA) is 64.6 Å². The van der Waals surface area contributed by atoms with E-state index in [-0.39, 0.29) is 24.5 Å². The SMILES string of the molecule is CC(CCNC(=O)CCC(=O)c1ccc2c(c1)OCCO2)c1ccccc1. The van der Waals surface area contributed by atoms with Crippen LogP contribution in [0.15, 0.2) is 48.5 Å². The Morgan fingerprint density at radius 3 is 2.52 bits per heavy atom. The lowest BCUT2D eigenvalue weighted by atomic mass is 9.98. The van der Waals surface area contributed by atoms with Crippen molar-refractivity contribution < 1.29 is 19.1 Å². The minimum Gasteiger partial charge on any atom is -0.486 e. The lowest BCUT2D eigenvalue weighted by Gasteiger charge is -2.18. The number of Topliss-reactive ketones (excluding diaryl/α,β-unsaturated/α-hetero) is 1. The average molecular weight is 367 g/mol. The molecule has 142 valence electrons. The fraction of sp³-hybridized carbons (Fsp3) is 0.364. The normalized spacial score (nSPS) is 13.7. The minimum absolute atomic E-state index is 0.0697. The maximum atomic E-state index is 12.3. The number of hydrogen-bond donors (Lipinski definition) is 1. The Bertz CT molecular complexity index is 788. The number of rotatable bonds is 8. The third-order valence-corrected chi connectivity index (χ3v) is 4.71. The van der Waals surface area contributed by atoms with E-state index in [4.69, 9.17) is 9.47 Å². The standard InChI is InChI=1S/C22H25NO4/c1-16(17-5-3-2-4-6-17)11-12-23-22(25)10-8-19(24)18-7-9-20-21(15-18)27-14-13-26-20/h2-7,9,15-16H,8,10-14H2,1H3,(H,23,25). The zero-order valence-corrected chi connectivity index (χ0v) is 15.6. The summed E-state index contributed by atoms with van der Waals surface area (Å²) in [7, 11) is 0. The lowest BCUT2D eigenvalue weighted by Crippen LogP contribution is -2.25. The summed E-state index contributed by atoms with van der Waals surface area (Å²) in [5.41, 5.74) is 1.81. The van der Waals surface area contributed by atoms with Crippen LogP contribution in [0.1, 0.15) is 48.0 Å². The van der Waals surface area contributed by atoms with Crippen LogP contribution in [0.25, 0.3) is 0 Å². The van der Waals surface area contributed by atoms with Gasteiger partial charge in [0, 0.05) is 24.9 Å². The predicted octanol–water partition coefficient (Wildman–Crippen LogP) is 3.73. The summed E-state index contributed by atoms with van der Waals surface area (Å²) in [6, 6.07) is 15.4. The van der Waals surface area contributed by atoms with Crippen molar-refractivity contribution in [2.75, 3.05) is 19.8 Å². The smallest absolute Gasteiger partial charge is 0.220 e. The van der Waals surface area contributed by atoms with Crippen LogP contribution in [0, 0.1) is 0 Å². The number of hydrogen-bond acceptors (Lipinski definition) is 4. The van der Waals surface area contributed by atoms with E-state index >= 15 is 0 Å². The van der Waals surface area contributed by atoms with Crippen LogP contribution < -0.4 is 14.8 Å². The molecule has 0 aromatic heterocycles. The molecule has 1 unspecified atom stereocenters. The van der Waals surface area contributed by atoms with Gasteiger partial charge in [-0.3, -0.25) is 9.59 Å². The van der Waals surface area contributed by atoms with Crippen molar-refractivity contribution in [1.29, 1.82) is 0 Å². The van der Waals surface area contributed by atoms with E-state index in [9.17, 15) is 9.59 Å². The first-order valence-electron chi connectivity index (χ1n) is 9.38. The first kappa shape index (κ1) is 19.0. The molecule has 1 N–H and O–H groups in total. The van der Waals surface area contributed by atoms with Crippen LogP contribution in [-0.4, -0.2) is 31.4 Å². The van der Waals surface area contributed by atoms with Crippen molar-refractivity contribution in [2.45, 2.75) is 32.1 Å². The molecule has 0 bridgehead atoms. The second-order valence-corrected chi connectivity index (χ2v) is 6.73. The summed E-state index contributed by atoms with van der Waals surface area (Å²) < 4.78 is 10.9. The van der Waals surface area contributed by atoms with Gasteiger partial charge in [-0.25, -0.2) is 0 Å². The van der Waals surface area contributed by atoms with Gasteiger partial charge in [-0.15, -0.1) is 0 Å². The van der Waals surface area contributed by atoms with Crippen molar-refractivity contribution in [3.63, 3.8) is 0 Å². The van der Waals surface area contributed by atoms with E-state index in [1.165, 1.54) is 5.56 Å². The van der Waals surface area contributed by atoms with Crippen LogP contribution in [0.4, 0.5) is 0 Å². The van der Waals surface area contributed by atoms with Crippen LogP contribution >= 0.6 is 0 Å². The van der Waals surface area contributed by atoms with Gasteiger partial charge in [0.25, 0.3) is 0 Å². The summed E-state index contributed by atoms with van der Waals surface area (Å²) in [5.74, 6) is 1.46. The number of benzene rings is 2. The van der Waals surface area contributed by atoms with Crippen LogP contribution in [-0.2, 0) is 4.79 Å². The molecule has 1 aliphatic rings. The fourth-order valence-corrected chi connectivity index (χ4v) is 3.05. The summed E-state index contributed by atoms with van der Waals surface area (Å²) in [6.45, 7) is 3.75. The Kier molecular flexibility index (Phi) is 6.47. The molecular formula is C22H25NO4. The lowest BCUT2D eigenvalue weighted by molar-refractivity contribution is -0.121. The first-order chi connectivity index (χ1) is 13.1. The number of carbonyl (C=O) groups is 2. The quantitative estimate of drug-likeness (QED) is 0.722. The van der Waals surface area contributed by atoms with Crippen molar-refractivity contribution in [2.24, 2.45) is 0 Å². The highest BCUT2D eigenvalue weighted by atomic mass is 16.6. The van der Waals surface area contributed by atoms with Gasteiger partial charge >= 0.3 is 0 Å². The zero-order valence-electron chi connectivity index (χ0n) is 15.6. The highest BCUT2D eigenvalue weighted by Crippen LogP contribution is 2.31. The summed E-state index contributed by atoms with van der Waals surface area (Å²) >= 11 is 0. The van der Waals surface area contributed by atoms with Crippen molar-refractivity contribution in [3.8, 4) is 11.5 Å². The molecule has 5 nitrogen and oxygen atoms in total. The number of amides is 1.